The fraction of sp³-hybridized carbons (Fsp3) is 0.818. The Bertz CT molecular complexity index is 497. The maximum absolute atomic E-state index is 11.2. The summed E-state index contributed by atoms with van der Waals surface area (Å²) in [5, 5.41) is 7.02. The van der Waals surface area contributed by atoms with E-state index in [0.717, 1.165) is 19.3 Å². The van der Waals surface area contributed by atoms with Crippen molar-refractivity contribution < 1.29 is 12.9 Å². The van der Waals surface area contributed by atoms with E-state index in [1.54, 1.807) is 0 Å². The molecular formula is C11H19N3O3S. The third kappa shape index (κ3) is 3.29. The molecule has 18 heavy (non-hydrogen) atoms. The summed E-state index contributed by atoms with van der Waals surface area (Å²) in [5.41, 5.74) is 0. The quantitative estimate of drug-likeness (QED) is 0.875. The van der Waals surface area contributed by atoms with Crippen molar-refractivity contribution in [1.29, 1.82) is 0 Å². The third-order valence-electron chi connectivity index (χ3n) is 3.33. The van der Waals surface area contributed by atoms with Gasteiger partial charge in [-0.05, 0) is 19.9 Å². The van der Waals surface area contributed by atoms with E-state index in [2.05, 4.69) is 15.5 Å². The number of hydrogen-bond donors (Lipinski definition) is 1. The van der Waals surface area contributed by atoms with Gasteiger partial charge in [-0.25, -0.2) is 8.42 Å². The second-order valence-corrected chi connectivity index (χ2v) is 7.05. The van der Waals surface area contributed by atoms with Crippen LogP contribution in [-0.2, 0) is 15.6 Å². The summed E-state index contributed by atoms with van der Waals surface area (Å²) < 4.78 is 27.6. The minimum atomic E-state index is -3.11. The number of nitrogens with one attached hydrogen (secondary N) is 1. The molecule has 2 atom stereocenters. The van der Waals surface area contributed by atoms with E-state index in [1.165, 1.54) is 12.7 Å². The Labute approximate surface area is 107 Å². The predicted octanol–water partition coefficient (Wildman–Crippen LogP) is 0.860. The lowest BCUT2D eigenvalue weighted by molar-refractivity contribution is 0.270. The van der Waals surface area contributed by atoms with E-state index < -0.39 is 9.84 Å². The molecule has 0 aromatic carbocycles. The molecule has 6 nitrogen and oxygen atoms in total. The molecule has 0 aliphatic heterocycles. The van der Waals surface area contributed by atoms with Crippen LogP contribution < -0.4 is 5.32 Å². The molecule has 0 amide bonds. The van der Waals surface area contributed by atoms with Gasteiger partial charge in [-0.15, -0.1) is 0 Å². The lowest BCUT2D eigenvalue weighted by Crippen LogP contribution is -2.34. The molecular weight excluding hydrogens is 254 g/mol. The summed E-state index contributed by atoms with van der Waals surface area (Å²) in [7, 11) is -1.19. The van der Waals surface area contributed by atoms with Crippen LogP contribution in [0.25, 0.3) is 0 Å². The van der Waals surface area contributed by atoms with Crippen molar-refractivity contribution in [2.45, 2.75) is 43.4 Å². The zero-order chi connectivity index (χ0) is 13.2. The third-order valence-corrected chi connectivity index (χ3v) is 4.11. The molecule has 1 aromatic heterocycles. The Kier molecular flexibility index (Phi) is 4.01. The Morgan fingerprint density at radius 2 is 2.11 bits per heavy atom. The van der Waals surface area contributed by atoms with Crippen LogP contribution in [0.5, 0.6) is 0 Å². The van der Waals surface area contributed by atoms with Gasteiger partial charge in [0.25, 0.3) is 0 Å². The van der Waals surface area contributed by atoms with E-state index in [-0.39, 0.29) is 17.5 Å². The fourth-order valence-corrected chi connectivity index (χ4v) is 3.07. The van der Waals surface area contributed by atoms with Gasteiger partial charge in [0.1, 0.15) is 5.75 Å². The first-order chi connectivity index (χ1) is 8.49. The second-order valence-electron chi connectivity index (χ2n) is 4.91. The maximum atomic E-state index is 11.2. The van der Waals surface area contributed by atoms with Crippen molar-refractivity contribution >= 4 is 9.84 Å². The van der Waals surface area contributed by atoms with Gasteiger partial charge in [0, 0.05) is 12.3 Å². The van der Waals surface area contributed by atoms with Gasteiger partial charge in [0.2, 0.25) is 5.89 Å². The second kappa shape index (κ2) is 5.36. The molecule has 1 aromatic rings. The van der Waals surface area contributed by atoms with Gasteiger partial charge in [0.05, 0.1) is 5.92 Å². The molecule has 2 rings (SSSR count). The highest BCUT2D eigenvalue weighted by Gasteiger charge is 2.30. The Hall–Kier alpha value is -0.950. The molecule has 0 radical (unpaired) electrons. The number of likely N-dealkylation sites (N-methyl/N-ethyl adjacent to an activating group) is 1. The van der Waals surface area contributed by atoms with E-state index in [9.17, 15) is 8.42 Å². The van der Waals surface area contributed by atoms with E-state index >= 15 is 0 Å². The molecule has 1 aliphatic carbocycles. The summed E-state index contributed by atoms with van der Waals surface area (Å²) in [6.45, 7) is 0. The van der Waals surface area contributed by atoms with Crippen molar-refractivity contribution in [2.75, 3.05) is 13.3 Å². The average Bonchev–Trinajstić information content (AvgIpc) is 2.75. The van der Waals surface area contributed by atoms with Gasteiger partial charge in [-0.2, -0.15) is 4.98 Å². The minimum Gasteiger partial charge on any atom is -0.339 e. The van der Waals surface area contributed by atoms with Crippen LogP contribution in [0.4, 0.5) is 0 Å². The maximum Gasteiger partial charge on any atom is 0.231 e. The Balaban J connectivity index is 2.13. The molecule has 1 aliphatic rings. The normalized spacial score (nSPS) is 25.2. The molecule has 0 bridgehead atoms. The highest BCUT2D eigenvalue weighted by atomic mass is 32.2. The van der Waals surface area contributed by atoms with Gasteiger partial charge < -0.3 is 9.84 Å². The number of aromatic nitrogens is 2. The van der Waals surface area contributed by atoms with Crippen molar-refractivity contribution in [1.82, 2.24) is 15.5 Å². The summed E-state index contributed by atoms with van der Waals surface area (Å²) in [5.74, 6) is 0.859. The molecule has 1 N–H and O–H groups in total. The first kappa shape index (κ1) is 13.5. The van der Waals surface area contributed by atoms with Crippen molar-refractivity contribution in [2.24, 2.45) is 0 Å². The zero-order valence-corrected chi connectivity index (χ0v) is 11.5. The van der Waals surface area contributed by atoms with Crippen LogP contribution in [0.2, 0.25) is 0 Å². The smallest absolute Gasteiger partial charge is 0.231 e. The lowest BCUT2D eigenvalue weighted by atomic mass is 9.84. The molecule has 0 saturated heterocycles. The summed E-state index contributed by atoms with van der Waals surface area (Å²) in [6.07, 6.45) is 5.61. The first-order valence-corrected chi connectivity index (χ1v) is 8.23. The Morgan fingerprint density at radius 1 is 1.39 bits per heavy atom. The Morgan fingerprint density at radius 3 is 2.78 bits per heavy atom. The van der Waals surface area contributed by atoms with E-state index in [1.807, 2.05) is 7.05 Å². The van der Waals surface area contributed by atoms with E-state index in [0.29, 0.717) is 11.9 Å². The van der Waals surface area contributed by atoms with Crippen molar-refractivity contribution in [3.8, 4) is 0 Å². The molecule has 1 heterocycles. The lowest BCUT2D eigenvalue weighted by Gasteiger charge is -2.28. The van der Waals surface area contributed by atoms with Gasteiger partial charge in [0.15, 0.2) is 15.7 Å². The summed E-state index contributed by atoms with van der Waals surface area (Å²) >= 11 is 0. The fourth-order valence-electron chi connectivity index (χ4n) is 2.48. The van der Waals surface area contributed by atoms with Crippen LogP contribution in [0.15, 0.2) is 4.52 Å². The van der Waals surface area contributed by atoms with Crippen LogP contribution in [-0.4, -0.2) is 37.9 Å². The number of hydrogen-bond acceptors (Lipinski definition) is 6. The first-order valence-electron chi connectivity index (χ1n) is 6.17. The number of nitrogens with zero attached hydrogens (tertiary/aromatic N) is 2. The van der Waals surface area contributed by atoms with Crippen LogP contribution >= 0.6 is 0 Å². The molecule has 2 unspecified atom stereocenters. The van der Waals surface area contributed by atoms with Crippen LogP contribution in [0, 0.1) is 0 Å². The number of sulfone groups is 1. The summed E-state index contributed by atoms with van der Waals surface area (Å²) in [4.78, 5) is 4.22. The van der Waals surface area contributed by atoms with Gasteiger partial charge in [-0.3, -0.25) is 0 Å². The average molecular weight is 273 g/mol. The molecule has 7 heteroatoms. The van der Waals surface area contributed by atoms with Crippen molar-refractivity contribution in [3.63, 3.8) is 0 Å². The van der Waals surface area contributed by atoms with Crippen molar-refractivity contribution in [3.05, 3.63) is 11.7 Å². The zero-order valence-electron chi connectivity index (χ0n) is 10.7. The summed E-state index contributed by atoms with van der Waals surface area (Å²) in [6, 6.07) is 0.338. The molecule has 1 saturated carbocycles. The molecule has 102 valence electrons. The minimum absolute atomic E-state index is 0.159. The molecule has 1 fully saturated rings. The molecule has 0 spiro atoms. The number of rotatable bonds is 4. The van der Waals surface area contributed by atoms with Gasteiger partial charge >= 0.3 is 0 Å². The van der Waals surface area contributed by atoms with Gasteiger partial charge in [-0.1, -0.05) is 18.0 Å². The van der Waals surface area contributed by atoms with E-state index in [4.69, 9.17) is 4.52 Å². The topological polar surface area (TPSA) is 85.1 Å². The van der Waals surface area contributed by atoms with Crippen LogP contribution in [0.3, 0.4) is 0 Å². The monoisotopic (exact) mass is 273 g/mol. The van der Waals surface area contributed by atoms with Crippen LogP contribution in [0.1, 0.15) is 43.3 Å². The predicted molar refractivity (Wildman–Crippen MR) is 66.9 cm³/mol. The highest BCUT2D eigenvalue weighted by Crippen LogP contribution is 2.32. The highest BCUT2D eigenvalue weighted by molar-refractivity contribution is 7.89. The largest absolute Gasteiger partial charge is 0.339 e. The standard InChI is InChI=1S/C11H19N3O3S/c1-12-9-6-4-3-5-8(9)11-13-10(14-17-11)7-18(2,15)16/h8-9,12H,3-7H2,1-2H3. The SMILES string of the molecule is CNC1CCCCC1c1nc(CS(C)(=O)=O)no1.